The number of sulfone groups is 1. The van der Waals surface area contributed by atoms with Gasteiger partial charge in [0.15, 0.2) is 15.0 Å². The summed E-state index contributed by atoms with van der Waals surface area (Å²) in [6.07, 6.45) is 1.15. The van der Waals surface area contributed by atoms with Crippen LogP contribution < -0.4 is 9.64 Å². The lowest BCUT2D eigenvalue weighted by Crippen LogP contribution is -2.39. The van der Waals surface area contributed by atoms with Crippen molar-refractivity contribution in [3.05, 3.63) is 58.9 Å². The molecule has 1 saturated heterocycles. The van der Waals surface area contributed by atoms with E-state index in [9.17, 15) is 8.42 Å². The summed E-state index contributed by atoms with van der Waals surface area (Å²) in [6, 6.07) is 14.4. The van der Waals surface area contributed by atoms with E-state index in [1.165, 1.54) is 6.07 Å². The Bertz CT molecular complexity index is 1110. The molecule has 1 fully saturated rings. The number of hydrogen-bond acceptors (Lipinski definition) is 6. The third-order valence-electron chi connectivity index (χ3n) is 5.23. The quantitative estimate of drug-likeness (QED) is 0.497. The summed E-state index contributed by atoms with van der Waals surface area (Å²) >= 11 is 7.57. The lowest BCUT2D eigenvalue weighted by Gasteiger charge is -2.31. The number of piperidine rings is 1. The number of ether oxygens (including phenoxy) is 1. The van der Waals surface area contributed by atoms with Gasteiger partial charge in [-0.25, -0.2) is 13.4 Å². The van der Waals surface area contributed by atoms with E-state index in [-0.39, 0.29) is 0 Å². The first-order valence-corrected chi connectivity index (χ1v) is 12.7. The highest BCUT2D eigenvalue weighted by molar-refractivity contribution is 7.92. The molecular weight excluding hydrogens is 440 g/mol. The van der Waals surface area contributed by atoms with Crippen LogP contribution >= 0.6 is 22.9 Å². The summed E-state index contributed by atoms with van der Waals surface area (Å²) in [5.74, 6) is 0.847. The molecule has 5 nitrogen and oxygen atoms in total. The van der Waals surface area contributed by atoms with Gasteiger partial charge in [0.25, 0.3) is 0 Å². The molecule has 30 heavy (non-hydrogen) atoms. The van der Waals surface area contributed by atoms with Gasteiger partial charge in [0, 0.05) is 29.1 Å². The Morgan fingerprint density at radius 3 is 2.57 bits per heavy atom. The van der Waals surface area contributed by atoms with E-state index in [0.29, 0.717) is 42.5 Å². The molecule has 0 N–H and O–H groups in total. The van der Waals surface area contributed by atoms with Gasteiger partial charge in [-0.05, 0) is 62.2 Å². The average molecular weight is 463 g/mol. The molecule has 0 spiro atoms. The molecule has 3 aromatic rings. The van der Waals surface area contributed by atoms with Crippen molar-refractivity contribution in [2.45, 2.75) is 29.9 Å². The molecule has 0 unspecified atom stereocenters. The molecule has 0 bridgehead atoms. The Labute approximate surface area is 186 Å². The molecule has 2 heterocycles. The second kappa shape index (κ2) is 8.96. The molecule has 0 radical (unpaired) electrons. The van der Waals surface area contributed by atoms with Crippen LogP contribution in [0.15, 0.2) is 58.8 Å². The van der Waals surface area contributed by atoms with Crippen LogP contribution in [0.4, 0.5) is 5.13 Å². The second-order valence-corrected chi connectivity index (χ2v) is 10.7. The minimum Gasteiger partial charge on any atom is -0.494 e. The van der Waals surface area contributed by atoms with E-state index in [2.05, 4.69) is 4.90 Å². The number of anilines is 1. The van der Waals surface area contributed by atoms with Crippen molar-refractivity contribution in [2.24, 2.45) is 0 Å². The monoisotopic (exact) mass is 462 g/mol. The summed E-state index contributed by atoms with van der Waals surface area (Å²) in [5, 5.41) is 3.02. The number of aromatic nitrogens is 1. The van der Waals surface area contributed by atoms with Crippen LogP contribution in [0, 0.1) is 0 Å². The van der Waals surface area contributed by atoms with Gasteiger partial charge >= 0.3 is 0 Å². The van der Waals surface area contributed by atoms with Crippen molar-refractivity contribution in [1.29, 1.82) is 0 Å². The van der Waals surface area contributed by atoms with Gasteiger partial charge in [-0.1, -0.05) is 17.7 Å². The minimum absolute atomic E-state index is 0.306. The van der Waals surface area contributed by atoms with Crippen molar-refractivity contribution in [2.75, 3.05) is 24.6 Å². The summed E-state index contributed by atoms with van der Waals surface area (Å²) in [6.45, 7) is 3.94. The SMILES string of the molecule is CCOc1ccc(-c2csc(N3CCC(S(=O)(=O)c4cccc(Cl)c4)CC3)n2)cc1. The summed E-state index contributed by atoms with van der Waals surface area (Å²) in [5.41, 5.74) is 1.96. The van der Waals surface area contributed by atoms with Gasteiger partial charge < -0.3 is 9.64 Å². The highest BCUT2D eigenvalue weighted by Gasteiger charge is 2.32. The predicted octanol–water partition coefficient (Wildman–Crippen LogP) is 5.30. The molecule has 158 valence electrons. The fraction of sp³-hybridized carbons (Fsp3) is 0.318. The molecule has 0 amide bonds. The van der Waals surface area contributed by atoms with Gasteiger partial charge in [0.05, 0.1) is 22.4 Å². The Hall–Kier alpha value is -2.09. The molecule has 8 heteroatoms. The van der Waals surface area contributed by atoms with Crippen molar-refractivity contribution in [1.82, 2.24) is 4.98 Å². The van der Waals surface area contributed by atoms with Gasteiger partial charge in [0.1, 0.15) is 5.75 Å². The van der Waals surface area contributed by atoms with Gasteiger partial charge in [-0.3, -0.25) is 0 Å². The second-order valence-electron chi connectivity index (χ2n) is 7.16. The van der Waals surface area contributed by atoms with Crippen LogP contribution in [-0.4, -0.2) is 38.3 Å². The number of hydrogen-bond donors (Lipinski definition) is 0. The number of halogens is 1. The van der Waals surface area contributed by atoms with Gasteiger partial charge in [-0.2, -0.15) is 0 Å². The van der Waals surface area contributed by atoms with Crippen molar-refractivity contribution < 1.29 is 13.2 Å². The van der Waals surface area contributed by atoms with E-state index >= 15 is 0 Å². The molecule has 0 saturated carbocycles. The summed E-state index contributed by atoms with van der Waals surface area (Å²) < 4.78 is 31.4. The molecular formula is C22H23ClN2O3S2. The van der Waals surface area contributed by atoms with Crippen LogP contribution in [0.1, 0.15) is 19.8 Å². The molecule has 2 aromatic carbocycles. The Morgan fingerprint density at radius 2 is 1.90 bits per heavy atom. The van der Waals surface area contributed by atoms with Crippen molar-refractivity contribution in [3.63, 3.8) is 0 Å². The number of nitrogens with zero attached hydrogens (tertiary/aromatic N) is 2. The van der Waals surface area contributed by atoms with Gasteiger partial charge in [-0.15, -0.1) is 11.3 Å². The first kappa shape index (κ1) is 21.2. The minimum atomic E-state index is -3.38. The van der Waals surface area contributed by atoms with E-state index < -0.39 is 15.1 Å². The fourth-order valence-corrected chi connectivity index (χ4v) is 6.54. The Kier molecular flexibility index (Phi) is 6.32. The van der Waals surface area contributed by atoms with E-state index in [4.69, 9.17) is 21.3 Å². The maximum atomic E-state index is 12.9. The lowest BCUT2D eigenvalue weighted by atomic mass is 10.1. The average Bonchev–Trinajstić information content (AvgIpc) is 3.25. The van der Waals surface area contributed by atoms with Crippen LogP contribution in [-0.2, 0) is 9.84 Å². The van der Waals surface area contributed by atoms with Crippen LogP contribution in [0.3, 0.4) is 0 Å². The number of thiazole rings is 1. The van der Waals surface area contributed by atoms with Crippen LogP contribution in [0.2, 0.25) is 5.02 Å². The molecule has 4 rings (SSSR count). The molecule has 0 atom stereocenters. The Balaban J connectivity index is 1.42. The van der Waals surface area contributed by atoms with E-state index in [1.807, 2.05) is 36.6 Å². The van der Waals surface area contributed by atoms with Crippen molar-refractivity contribution in [3.8, 4) is 17.0 Å². The largest absolute Gasteiger partial charge is 0.494 e. The predicted molar refractivity (Wildman–Crippen MR) is 123 cm³/mol. The van der Waals surface area contributed by atoms with E-state index in [1.54, 1.807) is 29.5 Å². The molecule has 1 aromatic heterocycles. The number of rotatable bonds is 6. The van der Waals surface area contributed by atoms with E-state index in [0.717, 1.165) is 22.1 Å². The third kappa shape index (κ3) is 4.48. The maximum Gasteiger partial charge on any atom is 0.185 e. The van der Waals surface area contributed by atoms with Gasteiger partial charge in [0.2, 0.25) is 0 Å². The zero-order valence-corrected chi connectivity index (χ0v) is 19.0. The van der Waals surface area contributed by atoms with Crippen molar-refractivity contribution >= 4 is 37.9 Å². The van der Waals surface area contributed by atoms with Crippen LogP contribution in [0.25, 0.3) is 11.3 Å². The normalized spacial score (nSPS) is 15.3. The molecule has 1 aliphatic heterocycles. The first-order valence-electron chi connectivity index (χ1n) is 9.90. The highest BCUT2D eigenvalue weighted by Crippen LogP contribution is 2.32. The maximum absolute atomic E-state index is 12.9. The first-order chi connectivity index (χ1) is 14.5. The standard InChI is InChI=1S/C22H23ClN2O3S2/c1-2-28-18-8-6-16(7-9-18)21-15-29-22(24-21)25-12-10-19(11-13-25)30(26,27)20-5-3-4-17(23)14-20/h3-9,14-15,19H,2,10-13H2,1H3. The highest BCUT2D eigenvalue weighted by atomic mass is 35.5. The summed E-state index contributed by atoms with van der Waals surface area (Å²) in [7, 11) is -3.38. The smallest absolute Gasteiger partial charge is 0.185 e. The summed E-state index contributed by atoms with van der Waals surface area (Å²) in [4.78, 5) is 7.25. The zero-order chi connectivity index (χ0) is 21.1. The van der Waals surface area contributed by atoms with Crippen LogP contribution in [0.5, 0.6) is 5.75 Å². The Morgan fingerprint density at radius 1 is 1.17 bits per heavy atom. The molecule has 1 aliphatic rings. The zero-order valence-electron chi connectivity index (χ0n) is 16.6. The fourth-order valence-electron chi connectivity index (χ4n) is 3.62. The molecule has 0 aliphatic carbocycles. The number of benzene rings is 2. The lowest BCUT2D eigenvalue weighted by molar-refractivity contribution is 0.340. The topological polar surface area (TPSA) is 59.5 Å². The third-order valence-corrected chi connectivity index (χ3v) is 8.63.